The van der Waals surface area contributed by atoms with Gasteiger partial charge in [0.2, 0.25) is 0 Å². The van der Waals surface area contributed by atoms with Crippen LogP contribution < -0.4 is 5.32 Å². The van der Waals surface area contributed by atoms with Crippen LogP contribution >= 0.6 is 27.3 Å². The molecule has 0 saturated heterocycles. The number of fused-ring (bicyclic) bond motifs is 1. The van der Waals surface area contributed by atoms with Gasteiger partial charge in [-0.25, -0.2) is 4.98 Å². The lowest BCUT2D eigenvalue weighted by Gasteiger charge is -2.13. The molecule has 0 unspecified atom stereocenters. The standard InChI is InChI=1S/C19H16BrN3S/c1-12-4-3-5-13(2)17(12)22-19-18(14-8-9-24-11-14)21-16-7-6-15(20)10-23(16)19/h3-11,22H,1-2H3. The van der Waals surface area contributed by atoms with Crippen molar-refractivity contribution in [1.29, 1.82) is 0 Å². The van der Waals surface area contributed by atoms with Gasteiger partial charge in [0, 0.05) is 27.3 Å². The van der Waals surface area contributed by atoms with E-state index in [1.165, 1.54) is 11.1 Å². The zero-order valence-electron chi connectivity index (χ0n) is 13.4. The van der Waals surface area contributed by atoms with Gasteiger partial charge < -0.3 is 5.32 Å². The molecule has 3 heterocycles. The second-order valence-corrected chi connectivity index (χ2v) is 7.48. The zero-order valence-corrected chi connectivity index (χ0v) is 15.8. The first-order valence-corrected chi connectivity index (χ1v) is 9.40. The molecule has 1 aromatic carbocycles. The summed E-state index contributed by atoms with van der Waals surface area (Å²) in [6, 6.07) is 12.5. The van der Waals surface area contributed by atoms with Crippen molar-refractivity contribution in [2.45, 2.75) is 13.8 Å². The highest BCUT2D eigenvalue weighted by atomic mass is 79.9. The van der Waals surface area contributed by atoms with Crippen LogP contribution in [0.5, 0.6) is 0 Å². The maximum atomic E-state index is 4.84. The Morgan fingerprint density at radius 1 is 1.08 bits per heavy atom. The number of nitrogens with zero attached hydrogens (tertiary/aromatic N) is 2. The summed E-state index contributed by atoms with van der Waals surface area (Å²) in [6.07, 6.45) is 2.05. The number of benzene rings is 1. The first-order valence-electron chi connectivity index (χ1n) is 7.67. The number of nitrogens with one attached hydrogen (secondary N) is 1. The minimum atomic E-state index is 0.924. The largest absolute Gasteiger partial charge is 0.339 e. The van der Waals surface area contributed by atoms with Gasteiger partial charge >= 0.3 is 0 Å². The van der Waals surface area contributed by atoms with Gasteiger partial charge in [-0.1, -0.05) is 18.2 Å². The van der Waals surface area contributed by atoms with E-state index in [9.17, 15) is 0 Å². The summed E-state index contributed by atoms with van der Waals surface area (Å²) in [5.41, 5.74) is 6.60. The van der Waals surface area contributed by atoms with Crippen LogP contribution in [0.25, 0.3) is 16.9 Å². The Morgan fingerprint density at radius 3 is 2.58 bits per heavy atom. The minimum absolute atomic E-state index is 0.924. The van der Waals surface area contributed by atoms with Crippen molar-refractivity contribution < 1.29 is 0 Å². The van der Waals surface area contributed by atoms with Crippen LogP contribution in [0.15, 0.2) is 57.8 Å². The lowest BCUT2D eigenvalue weighted by molar-refractivity contribution is 1.17. The summed E-state index contributed by atoms with van der Waals surface area (Å²) in [6.45, 7) is 4.25. The molecule has 0 radical (unpaired) electrons. The molecule has 120 valence electrons. The fourth-order valence-electron chi connectivity index (χ4n) is 2.87. The van der Waals surface area contributed by atoms with Crippen LogP contribution in [0.3, 0.4) is 0 Å². The lowest BCUT2D eigenvalue weighted by Crippen LogP contribution is -2.00. The predicted molar refractivity (Wildman–Crippen MR) is 105 cm³/mol. The molecule has 3 aromatic heterocycles. The van der Waals surface area contributed by atoms with Crippen LogP contribution in [0.4, 0.5) is 11.5 Å². The van der Waals surface area contributed by atoms with E-state index >= 15 is 0 Å². The summed E-state index contributed by atoms with van der Waals surface area (Å²) in [5.74, 6) is 0.988. The number of thiophene rings is 1. The average Bonchev–Trinajstić information content (AvgIpc) is 3.18. The second-order valence-electron chi connectivity index (χ2n) is 5.79. The number of rotatable bonds is 3. The summed E-state index contributed by atoms with van der Waals surface area (Å²) in [7, 11) is 0. The molecule has 0 saturated carbocycles. The Bertz CT molecular complexity index is 998. The van der Waals surface area contributed by atoms with E-state index in [2.05, 4.69) is 74.5 Å². The van der Waals surface area contributed by atoms with Crippen molar-refractivity contribution in [1.82, 2.24) is 9.38 Å². The summed E-state index contributed by atoms with van der Waals surface area (Å²) in [4.78, 5) is 4.84. The van der Waals surface area contributed by atoms with Gasteiger partial charge in [-0.05, 0) is 64.5 Å². The summed E-state index contributed by atoms with van der Waals surface area (Å²) >= 11 is 5.25. The smallest absolute Gasteiger partial charge is 0.143 e. The van der Waals surface area contributed by atoms with Crippen molar-refractivity contribution in [2.75, 3.05) is 5.32 Å². The van der Waals surface area contributed by atoms with Gasteiger partial charge in [0.15, 0.2) is 0 Å². The number of para-hydroxylation sites is 1. The molecule has 0 aliphatic rings. The topological polar surface area (TPSA) is 29.3 Å². The molecule has 0 aliphatic carbocycles. The molecule has 1 N–H and O–H groups in total. The Hall–Kier alpha value is -2.11. The van der Waals surface area contributed by atoms with E-state index in [0.29, 0.717) is 0 Å². The van der Waals surface area contributed by atoms with Gasteiger partial charge in [-0.2, -0.15) is 11.3 Å². The molecular weight excluding hydrogens is 382 g/mol. The van der Waals surface area contributed by atoms with Crippen LogP contribution in [0, 0.1) is 13.8 Å². The normalized spacial score (nSPS) is 11.1. The van der Waals surface area contributed by atoms with E-state index in [1.807, 2.05) is 18.3 Å². The number of anilines is 2. The first kappa shape index (κ1) is 15.4. The lowest BCUT2D eigenvalue weighted by atomic mass is 10.1. The Kier molecular flexibility index (Phi) is 3.90. The maximum absolute atomic E-state index is 4.84. The van der Waals surface area contributed by atoms with Crippen LogP contribution in [0.2, 0.25) is 0 Å². The highest BCUT2D eigenvalue weighted by Crippen LogP contribution is 2.34. The van der Waals surface area contributed by atoms with Gasteiger partial charge in [0.1, 0.15) is 17.2 Å². The monoisotopic (exact) mass is 397 g/mol. The quantitative estimate of drug-likeness (QED) is 0.446. The molecule has 0 amide bonds. The van der Waals surface area contributed by atoms with Crippen molar-refractivity contribution in [2.24, 2.45) is 0 Å². The van der Waals surface area contributed by atoms with E-state index in [4.69, 9.17) is 4.98 Å². The van der Waals surface area contributed by atoms with Crippen LogP contribution in [0.1, 0.15) is 11.1 Å². The highest BCUT2D eigenvalue weighted by Gasteiger charge is 2.16. The van der Waals surface area contributed by atoms with Crippen molar-refractivity contribution in [3.05, 3.63) is 69.0 Å². The molecule has 4 aromatic rings. The molecule has 0 atom stereocenters. The second kappa shape index (κ2) is 6.07. The molecule has 4 rings (SSSR count). The fourth-order valence-corrected chi connectivity index (χ4v) is 3.85. The predicted octanol–water partition coefficient (Wildman–Crippen LogP) is 6.19. The first-order chi connectivity index (χ1) is 11.6. The third kappa shape index (κ3) is 2.64. The minimum Gasteiger partial charge on any atom is -0.339 e. The van der Waals surface area contributed by atoms with Crippen molar-refractivity contribution >= 4 is 44.4 Å². The number of hydrogen-bond donors (Lipinski definition) is 1. The highest BCUT2D eigenvalue weighted by molar-refractivity contribution is 9.10. The third-order valence-corrected chi connectivity index (χ3v) is 5.25. The zero-order chi connectivity index (χ0) is 16.7. The fraction of sp³-hybridized carbons (Fsp3) is 0.105. The van der Waals surface area contributed by atoms with Gasteiger partial charge in [-0.15, -0.1) is 0 Å². The third-order valence-electron chi connectivity index (χ3n) is 4.10. The van der Waals surface area contributed by atoms with Crippen LogP contribution in [-0.4, -0.2) is 9.38 Å². The maximum Gasteiger partial charge on any atom is 0.143 e. The molecule has 24 heavy (non-hydrogen) atoms. The Balaban J connectivity index is 1.95. The number of imidazole rings is 1. The van der Waals surface area contributed by atoms with Crippen LogP contribution in [-0.2, 0) is 0 Å². The number of pyridine rings is 1. The summed E-state index contributed by atoms with van der Waals surface area (Å²) in [5, 5.41) is 7.84. The van der Waals surface area contributed by atoms with E-state index < -0.39 is 0 Å². The van der Waals surface area contributed by atoms with Gasteiger partial charge in [0.05, 0.1) is 0 Å². The average molecular weight is 398 g/mol. The van der Waals surface area contributed by atoms with Crippen molar-refractivity contribution in [3.8, 4) is 11.3 Å². The molecule has 0 spiro atoms. The van der Waals surface area contributed by atoms with E-state index in [0.717, 1.165) is 32.9 Å². The molecule has 0 fully saturated rings. The van der Waals surface area contributed by atoms with Gasteiger partial charge in [-0.3, -0.25) is 4.40 Å². The van der Waals surface area contributed by atoms with E-state index in [1.54, 1.807) is 11.3 Å². The molecule has 3 nitrogen and oxygen atoms in total. The Labute approximate surface area is 153 Å². The van der Waals surface area contributed by atoms with Crippen molar-refractivity contribution in [3.63, 3.8) is 0 Å². The summed E-state index contributed by atoms with van der Waals surface area (Å²) < 4.78 is 3.12. The molecule has 0 aliphatic heterocycles. The van der Waals surface area contributed by atoms with Gasteiger partial charge in [0.25, 0.3) is 0 Å². The Morgan fingerprint density at radius 2 is 1.88 bits per heavy atom. The number of halogens is 1. The number of aryl methyl sites for hydroxylation is 2. The molecule has 0 bridgehead atoms. The number of aromatic nitrogens is 2. The number of hydrogen-bond acceptors (Lipinski definition) is 3. The molecular formula is C19H16BrN3S. The van der Waals surface area contributed by atoms with E-state index in [-0.39, 0.29) is 0 Å². The molecule has 5 heteroatoms. The SMILES string of the molecule is Cc1cccc(C)c1Nc1c(-c2ccsc2)nc2ccc(Br)cn12.